The van der Waals surface area contributed by atoms with Crippen LogP contribution in [0.5, 0.6) is 0 Å². The van der Waals surface area contributed by atoms with Crippen molar-refractivity contribution >= 4 is 5.91 Å². The Morgan fingerprint density at radius 2 is 2.30 bits per heavy atom. The SMILES string of the molecule is CC(=O)NCc1cncc([C@@H]2CCCN2Cc2cc(C)on2)n1. The fraction of sp³-hybridized carbons (Fsp3) is 0.500. The molecule has 2 aromatic rings. The van der Waals surface area contributed by atoms with Crippen LogP contribution < -0.4 is 5.32 Å². The van der Waals surface area contributed by atoms with E-state index in [1.807, 2.05) is 19.2 Å². The van der Waals surface area contributed by atoms with E-state index in [9.17, 15) is 4.79 Å². The molecule has 0 aromatic carbocycles. The Hall–Kier alpha value is -2.28. The van der Waals surface area contributed by atoms with E-state index in [2.05, 4.69) is 25.3 Å². The van der Waals surface area contributed by atoms with Crippen molar-refractivity contribution in [3.05, 3.63) is 41.3 Å². The number of rotatable bonds is 5. The zero-order valence-corrected chi connectivity index (χ0v) is 13.5. The van der Waals surface area contributed by atoms with Crippen molar-refractivity contribution < 1.29 is 9.32 Å². The molecule has 0 saturated carbocycles. The number of aromatic nitrogens is 3. The maximum Gasteiger partial charge on any atom is 0.217 e. The average Bonchev–Trinajstić information content (AvgIpc) is 3.15. The van der Waals surface area contributed by atoms with E-state index in [-0.39, 0.29) is 11.9 Å². The lowest BCUT2D eigenvalue weighted by molar-refractivity contribution is -0.119. The van der Waals surface area contributed by atoms with Gasteiger partial charge in [0.1, 0.15) is 5.76 Å². The highest BCUT2D eigenvalue weighted by Crippen LogP contribution is 2.31. The van der Waals surface area contributed by atoms with Crippen molar-refractivity contribution in [1.29, 1.82) is 0 Å². The Morgan fingerprint density at radius 3 is 3.04 bits per heavy atom. The Kier molecular flexibility index (Phi) is 4.66. The van der Waals surface area contributed by atoms with Gasteiger partial charge in [0.15, 0.2) is 0 Å². The van der Waals surface area contributed by atoms with Gasteiger partial charge in [0.05, 0.1) is 42.1 Å². The molecule has 3 rings (SSSR count). The first kappa shape index (κ1) is 15.6. The first-order valence-corrected chi connectivity index (χ1v) is 7.83. The van der Waals surface area contributed by atoms with Crippen molar-refractivity contribution in [1.82, 2.24) is 25.3 Å². The molecule has 2 aromatic heterocycles. The molecule has 0 aliphatic carbocycles. The number of aryl methyl sites for hydroxylation is 1. The van der Waals surface area contributed by atoms with E-state index in [1.165, 1.54) is 6.92 Å². The number of hydrogen-bond donors (Lipinski definition) is 1. The zero-order valence-electron chi connectivity index (χ0n) is 13.5. The highest BCUT2D eigenvalue weighted by atomic mass is 16.5. The Bertz CT molecular complexity index is 685. The van der Waals surface area contributed by atoms with Crippen molar-refractivity contribution in [3.8, 4) is 0 Å². The second kappa shape index (κ2) is 6.87. The molecule has 23 heavy (non-hydrogen) atoms. The minimum absolute atomic E-state index is 0.0684. The Labute approximate surface area is 135 Å². The first-order valence-electron chi connectivity index (χ1n) is 7.83. The second-order valence-electron chi connectivity index (χ2n) is 5.90. The van der Waals surface area contributed by atoms with Crippen LogP contribution in [0, 0.1) is 6.92 Å². The van der Waals surface area contributed by atoms with Gasteiger partial charge in [0, 0.05) is 19.5 Å². The predicted octanol–water partition coefficient (Wildman–Crippen LogP) is 1.75. The van der Waals surface area contributed by atoms with Crippen LogP contribution in [0.2, 0.25) is 0 Å². The molecule has 3 heterocycles. The molecule has 0 radical (unpaired) electrons. The molecule has 7 heteroatoms. The molecular weight excluding hydrogens is 294 g/mol. The number of carbonyl (C=O) groups excluding carboxylic acids is 1. The molecule has 1 atom stereocenters. The third-order valence-electron chi connectivity index (χ3n) is 3.97. The molecule has 1 aliphatic rings. The fourth-order valence-corrected chi connectivity index (χ4v) is 2.93. The van der Waals surface area contributed by atoms with Gasteiger partial charge in [0.25, 0.3) is 0 Å². The van der Waals surface area contributed by atoms with E-state index >= 15 is 0 Å². The van der Waals surface area contributed by atoms with E-state index in [1.54, 1.807) is 6.20 Å². The van der Waals surface area contributed by atoms with E-state index in [4.69, 9.17) is 4.52 Å². The lowest BCUT2D eigenvalue weighted by atomic mass is 10.1. The van der Waals surface area contributed by atoms with Crippen LogP contribution in [-0.4, -0.2) is 32.5 Å². The molecule has 0 unspecified atom stereocenters. The van der Waals surface area contributed by atoms with Crippen molar-refractivity contribution in [2.24, 2.45) is 0 Å². The molecule has 122 valence electrons. The summed E-state index contributed by atoms with van der Waals surface area (Å²) in [5.74, 6) is 0.758. The molecule has 1 amide bonds. The summed E-state index contributed by atoms with van der Waals surface area (Å²) < 4.78 is 5.14. The summed E-state index contributed by atoms with van der Waals surface area (Å²) in [6.45, 7) is 5.56. The van der Waals surface area contributed by atoms with Crippen LogP contribution in [0.1, 0.15) is 48.6 Å². The van der Waals surface area contributed by atoms with E-state index < -0.39 is 0 Å². The number of likely N-dealkylation sites (tertiary alicyclic amines) is 1. The highest BCUT2D eigenvalue weighted by Gasteiger charge is 2.28. The third kappa shape index (κ3) is 3.92. The summed E-state index contributed by atoms with van der Waals surface area (Å²) in [5.41, 5.74) is 2.67. The fourth-order valence-electron chi connectivity index (χ4n) is 2.93. The van der Waals surface area contributed by atoms with Crippen LogP contribution >= 0.6 is 0 Å². The van der Waals surface area contributed by atoms with E-state index in [0.29, 0.717) is 6.54 Å². The van der Waals surface area contributed by atoms with Gasteiger partial charge in [-0.3, -0.25) is 19.7 Å². The molecule has 7 nitrogen and oxygen atoms in total. The summed E-state index contributed by atoms with van der Waals surface area (Å²) in [5, 5.41) is 6.83. The molecular formula is C16H21N5O2. The molecule has 0 bridgehead atoms. The summed E-state index contributed by atoms with van der Waals surface area (Å²) in [4.78, 5) is 22.3. The van der Waals surface area contributed by atoms with Gasteiger partial charge in [-0.1, -0.05) is 5.16 Å². The monoisotopic (exact) mass is 315 g/mol. The smallest absolute Gasteiger partial charge is 0.217 e. The molecule has 1 saturated heterocycles. The van der Waals surface area contributed by atoms with E-state index in [0.717, 1.165) is 48.8 Å². The molecule has 1 aliphatic heterocycles. The number of carbonyl (C=O) groups is 1. The van der Waals surface area contributed by atoms with Crippen LogP contribution in [0.4, 0.5) is 0 Å². The van der Waals surface area contributed by atoms with Crippen LogP contribution in [-0.2, 0) is 17.9 Å². The topological polar surface area (TPSA) is 84.2 Å². The number of amides is 1. The highest BCUT2D eigenvalue weighted by molar-refractivity contribution is 5.72. The lowest BCUT2D eigenvalue weighted by Crippen LogP contribution is -2.25. The Morgan fingerprint density at radius 1 is 1.43 bits per heavy atom. The van der Waals surface area contributed by atoms with Crippen LogP contribution in [0.25, 0.3) is 0 Å². The normalized spacial score (nSPS) is 18.3. The van der Waals surface area contributed by atoms with Gasteiger partial charge < -0.3 is 9.84 Å². The molecule has 0 spiro atoms. The third-order valence-corrected chi connectivity index (χ3v) is 3.97. The van der Waals surface area contributed by atoms with Gasteiger partial charge in [-0.05, 0) is 26.3 Å². The first-order chi connectivity index (χ1) is 11.1. The van der Waals surface area contributed by atoms with Gasteiger partial charge >= 0.3 is 0 Å². The number of nitrogens with zero attached hydrogens (tertiary/aromatic N) is 4. The molecule has 1 N–H and O–H groups in total. The number of hydrogen-bond acceptors (Lipinski definition) is 6. The van der Waals surface area contributed by atoms with Crippen molar-refractivity contribution in [2.75, 3.05) is 6.54 Å². The van der Waals surface area contributed by atoms with Crippen molar-refractivity contribution in [2.45, 2.75) is 45.8 Å². The summed E-state index contributed by atoms with van der Waals surface area (Å²) >= 11 is 0. The van der Waals surface area contributed by atoms with Crippen molar-refractivity contribution in [3.63, 3.8) is 0 Å². The van der Waals surface area contributed by atoms with Gasteiger partial charge in [-0.25, -0.2) is 0 Å². The quantitative estimate of drug-likeness (QED) is 0.905. The lowest BCUT2D eigenvalue weighted by Gasteiger charge is -2.22. The maximum absolute atomic E-state index is 11.0. The standard InChI is InChI=1S/C16H21N5O2/c1-11-6-13(20-23-11)10-21-5-3-4-16(21)15-9-17-7-14(19-15)8-18-12(2)22/h6-7,9,16H,3-5,8,10H2,1-2H3,(H,18,22)/t16-/m0/s1. The minimum atomic E-state index is -0.0684. The van der Waals surface area contributed by atoms with Gasteiger partial charge in [-0.15, -0.1) is 0 Å². The minimum Gasteiger partial charge on any atom is -0.361 e. The van der Waals surface area contributed by atoms with Gasteiger partial charge in [0.2, 0.25) is 5.91 Å². The average molecular weight is 315 g/mol. The molecule has 1 fully saturated rings. The van der Waals surface area contributed by atoms with Crippen LogP contribution in [0.3, 0.4) is 0 Å². The Balaban J connectivity index is 1.71. The number of nitrogens with one attached hydrogen (secondary N) is 1. The zero-order chi connectivity index (χ0) is 16.2. The summed E-state index contributed by atoms with van der Waals surface area (Å²) in [6.07, 6.45) is 5.68. The maximum atomic E-state index is 11.0. The largest absolute Gasteiger partial charge is 0.361 e. The van der Waals surface area contributed by atoms with Gasteiger partial charge in [-0.2, -0.15) is 0 Å². The van der Waals surface area contributed by atoms with Crippen LogP contribution in [0.15, 0.2) is 23.0 Å². The summed E-state index contributed by atoms with van der Waals surface area (Å²) in [6, 6.07) is 2.20. The summed E-state index contributed by atoms with van der Waals surface area (Å²) in [7, 11) is 0. The predicted molar refractivity (Wildman–Crippen MR) is 83.2 cm³/mol. The second-order valence-corrected chi connectivity index (χ2v) is 5.90.